The average Bonchev–Trinajstić information content (AvgIpc) is 2.47. The Morgan fingerprint density at radius 3 is 2.71 bits per heavy atom. The van der Waals surface area contributed by atoms with Crippen LogP contribution in [-0.2, 0) is 0 Å². The summed E-state index contributed by atoms with van der Waals surface area (Å²) in [5, 5.41) is 0. The Morgan fingerprint density at radius 2 is 2.14 bits per heavy atom. The monoisotopic (exact) mass is 290 g/mol. The number of rotatable bonds is 9. The van der Waals surface area contributed by atoms with Crippen LogP contribution in [0.15, 0.2) is 24.3 Å². The van der Waals surface area contributed by atoms with Gasteiger partial charge in [0.05, 0.1) is 6.61 Å². The van der Waals surface area contributed by atoms with E-state index in [2.05, 4.69) is 36.9 Å². The van der Waals surface area contributed by atoms with E-state index in [1.165, 1.54) is 31.4 Å². The molecule has 2 N–H and O–H groups in total. The molecule has 1 aromatic rings. The molecular weight excluding hydrogens is 260 g/mol. The first-order valence-electron chi connectivity index (χ1n) is 8.45. The molecule has 1 saturated carbocycles. The van der Waals surface area contributed by atoms with Gasteiger partial charge >= 0.3 is 0 Å². The summed E-state index contributed by atoms with van der Waals surface area (Å²) in [6.45, 7) is 8.04. The van der Waals surface area contributed by atoms with E-state index in [4.69, 9.17) is 10.5 Å². The smallest absolute Gasteiger partial charge is 0.119 e. The van der Waals surface area contributed by atoms with Crippen molar-refractivity contribution in [1.82, 2.24) is 4.90 Å². The van der Waals surface area contributed by atoms with Crippen molar-refractivity contribution in [3.05, 3.63) is 29.8 Å². The highest BCUT2D eigenvalue weighted by Crippen LogP contribution is 2.31. The second-order valence-corrected chi connectivity index (χ2v) is 6.06. The molecule has 3 heteroatoms. The molecule has 0 spiro atoms. The van der Waals surface area contributed by atoms with Gasteiger partial charge in [-0.05, 0) is 49.4 Å². The standard InChI is InChI=1S/C18H30N2O/c1-3-11-21-17-10-6-9-16(12-17)18(13-19)20(4-2)14-15-7-5-8-15/h6,9-10,12,15,18H,3-5,7-8,11,13-14,19H2,1-2H3. The van der Waals surface area contributed by atoms with Crippen molar-refractivity contribution in [3.8, 4) is 5.75 Å². The van der Waals surface area contributed by atoms with Crippen LogP contribution >= 0.6 is 0 Å². The number of likely N-dealkylation sites (N-methyl/N-ethyl adjacent to an activating group) is 1. The molecule has 0 heterocycles. The molecule has 21 heavy (non-hydrogen) atoms. The Kier molecular flexibility index (Phi) is 6.52. The molecule has 1 aromatic carbocycles. The van der Waals surface area contributed by atoms with E-state index >= 15 is 0 Å². The molecular formula is C18H30N2O. The van der Waals surface area contributed by atoms with Crippen molar-refractivity contribution in [3.63, 3.8) is 0 Å². The first-order chi connectivity index (χ1) is 10.3. The molecule has 2 rings (SSSR count). The largest absolute Gasteiger partial charge is 0.494 e. The van der Waals surface area contributed by atoms with E-state index < -0.39 is 0 Å². The van der Waals surface area contributed by atoms with E-state index in [9.17, 15) is 0 Å². The van der Waals surface area contributed by atoms with Gasteiger partial charge in [-0.1, -0.05) is 32.4 Å². The SMILES string of the molecule is CCCOc1cccc(C(CN)N(CC)CC2CCC2)c1. The van der Waals surface area contributed by atoms with Crippen molar-refractivity contribution in [1.29, 1.82) is 0 Å². The van der Waals surface area contributed by atoms with Crippen LogP contribution < -0.4 is 10.5 Å². The Labute approximate surface area is 129 Å². The fraction of sp³-hybridized carbons (Fsp3) is 0.667. The predicted molar refractivity (Wildman–Crippen MR) is 88.6 cm³/mol. The minimum atomic E-state index is 0.306. The van der Waals surface area contributed by atoms with Crippen LogP contribution in [0.25, 0.3) is 0 Å². The van der Waals surface area contributed by atoms with Crippen molar-refractivity contribution in [2.24, 2.45) is 11.7 Å². The van der Waals surface area contributed by atoms with Gasteiger partial charge in [-0.25, -0.2) is 0 Å². The third-order valence-electron chi connectivity index (χ3n) is 4.50. The zero-order valence-electron chi connectivity index (χ0n) is 13.6. The van der Waals surface area contributed by atoms with Crippen LogP contribution in [0.4, 0.5) is 0 Å². The Morgan fingerprint density at radius 1 is 1.33 bits per heavy atom. The van der Waals surface area contributed by atoms with Gasteiger partial charge in [0, 0.05) is 19.1 Å². The molecule has 0 aromatic heterocycles. The number of hydrogen-bond donors (Lipinski definition) is 1. The fourth-order valence-corrected chi connectivity index (χ4v) is 3.01. The highest BCUT2D eigenvalue weighted by molar-refractivity contribution is 5.31. The second-order valence-electron chi connectivity index (χ2n) is 6.06. The number of nitrogens with two attached hydrogens (primary N) is 1. The molecule has 1 atom stereocenters. The molecule has 118 valence electrons. The maximum absolute atomic E-state index is 6.08. The second kappa shape index (κ2) is 8.40. The van der Waals surface area contributed by atoms with Crippen LogP contribution in [0, 0.1) is 5.92 Å². The molecule has 1 fully saturated rings. The Bertz CT molecular complexity index is 417. The molecule has 1 unspecified atom stereocenters. The molecule has 3 nitrogen and oxygen atoms in total. The lowest BCUT2D eigenvalue weighted by Gasteiger charge is -2.36. The first kappa shape index (κ1) is 16.3. The van der Waals surface area contributed by atoms with Crippen LogP contribution in [0.5, 0.6) is 5.75 Å². The average molecular weight is 290 g/mol. The predicted octanol–water partition coefficient (Wildman–Crippen LogP) is 3.60. The summed E-state index contributed by atoms with van der Waals surface area (Å²) >= 11 is 0. The molecule has 1 aliphatic carbocycles. The summed E-state index contributed by atoms with van der Waals surface area (Å²) in [5.41, 5.74) is 7.37. The molecule has 0 aliphatic heterocycles. The lowest BCUT2D eigenvalue weighted by molar-refractivity contribution is 0.141. The van der Waals surface area contributed by atoms with Crippen LogP contribution in [-0.4, -0.2) is 31.1 Å². The fourth-order valence-electron chi connectivity index (χ4n) is 3.01. The molecule has 0 bridgehead atoms. The summed E-state index contributed by atoms with van der Waals surface area (Å²) < 4.78 is 5.76. The van der Waals surface area contributed by atoms with Crippen molar-refractivity contribution < 1.29 is 4.74 Å². The van der Waals surface area contributed by atoms with Crippen molar-refractivity contribution in [2.45, 2.75) is 45.6 Å². The summed E-state index contributed by atoms with van der Waals surface area (Å²) in [6, 6.07) is 8.77. The minimum Gasteiger partial charge on any atom is -0.494 e. The lowest BCUT2D eigenvalue weighted by Crippen LogP contribution is -2.38. The van der Waals surface area contributed by atoms with Crippen molar-refractivity contribution in [2.75, 3.05) is 26.2 Å². The minimum absolute atomic E-state index is 0.306. The first-order valence-corrected chi connectivity index (χ1v) is 8.45. The van der Waals surface area contributed by atoms with Gasteiger partial charge in [0.25, 0.3) is 0 Å². The Hall–Kier alpha value is -1.06. The topological polar surface area (TPSA) is 38.5 Å². The Balaban J connectivity index is 2.06. The zero-order chi connectivity index (χ0) is 15.1. The lowest BCUT2D eigenvalue weighted by atomic mass is 9.84. The number of nitrogens with zero attached hydrogens (tertiary/aromatic N) is 1. The van der Waals surface area contributed by atoms with Crippen LogP contribution in [0.2, 0.25) is 0 Å². The van der Waals surface area contributed by atoms with Gasteiger partial charge < -0.3 is 10.5 Å². The molecule has 0 amide bonds. The van der Waals surface area contributed by atoms with E-state index in [1.54, 1.807) is 0 Å². The van der Waals surface area contributed by atoms with Crippen LogP contribution in [0.1, 0.15) is 51.1 Å². The van der Waals surface area contributed by atoms with Gasteiger partial charge in [0.15, 0.2) is 0 Å². The molecule has 0 radical (unpaired) electrons. The maximum Gasteiger partial charge on any atom is 0.119 e. The van der Waals surface area contributed by atoms with Gasteiger partial charge in [0.1, 0.15) is 5.75 Å². The maximum atomic E-state index is 6.08. The summed E-state index contributed by atoms with van der Waals surface area (Å²) in [7, 11) is 0. The van der Waals surface area contributed by atoms with E-state index in [0.29, 0.717) is 12.6 Å². The quantitative estimate of drug-likeness (QED) is 0.755. The zero-order valence-corrected chi connectivity index (χ0v) is 13.6. The third-order valence-corrected chi connectivity index (χ3v) is 4.50. The number of ether oxygens (including phenoxy) is 1. The summed E-state index contributed by atoms with van der Waals surface area (Å²) in [6.07, 6.45) is 5.20. The van der Waals surface area contributed by atoms with Crippen molar-refractivity contribution >= 4 is 0 Å². The van der Waals surface area contributed by atoms with Gasteiger partial charge in [-0.2, -0.15) is 0 Å². The van der Waals surface area contributed by atoms with Gasteiger partial charge in [-0.3, -0.25) is 4.90 Å². The van der Waals surface area contributed by atoms with E-state index in [0.717, 1.165) is 31.2 Å². The normalized spacial score (nSPS) is 16.8. The summed E-state index contributed by atoms with van der Waals surface area (Å²) in [5.74, 6) is 1.84. The van der Waals surface area contributed by atoms with Gasteiger partial charge in [0.2, 0.25) is 0 Å². The summed E-state index contributed by atoms with van der Waals surface area (Å²) in [4.78, 5) is 2.53. The number of benzene rings is 1. The highest BCUT2D eigenvalue weighted by atomic mass is 16.5. The molecule has 0 saturated heterocycles. The molecule has 1 aliphatic rings. The highest BCUT2D eigenvalue weighted by Gasteiger charge is 2.25. The van der Waals surface area contributed by atoms with Crippen LogP contribution in [0.3, 0.4) is 0 Å². The van der Waals surface area contributed by atoms with Gasteiger partial charge in [-0.15, -0.1) is 0 Å². The van der Waals surface area contributed by atoms with E-state index in [1.807, 2.05) is 6.07 Å². The number of hydrogen-bond acceptors (Lipinski definition) is 3. The third kappa shape index (κ3) is 4.45. The van der Waals surface area contributed by atoms with E-state index in [-0.39, 0.29) is 0 Å².